The molecule has 0 radical (unpaired) electrons. The van der Waals surface area contributed by atoms with Crippen LogP contribution in [-0.2, 0) is 18.9 Å². The molecule has 0 N–H and O–H groups in total. The molecule has 0 spiro atoms. The molecule has 4 heterocycles. The van der Waals surface area contributed by atoms with E-state index in [0.29, 0.717) is 42.2 Å². The van der Waals surface area contributed by atoms with E-state index in [0.717, 1.165) is 66.1 Å². The maximum absolute atomic E-state index is 6.46. The van der Waals surface area contributed by atoms with Crippen LogP contribution in [0.5, 0.6) is 0 Å². The first kappa shape index (κ1) is 41.6. The van der Waals surface area contributed by atoms with Crippen molar-refractivity contribution in [3.05, 3.63) is 0 Å². The van der Waals surface area contributed by atoms with Crippen LogP contribution in [0.2, 0.25) is 0 Å². The third-order valence-corrected chi connectivity index (χ3v) is 14.0. The van der Waals surface area contributed by atoms with Gasteiger partial charge in [-0.05, 0) is 131 Å². The van der Waals surface area contributed by atoms with Crippen LogP contribution >= 0.6 is 0 Å². The van der Waals surface area contributed by atoms with E-state index in [9.17, 15) is 0 Å². The molecule has 0 aromatic rings. The number of rotatable bonds is 10. The Bertz CT molecular complexity index is 998. The van der Waals surface area contributed by atoms with E-state index in [-0.39, 0.29) is 22.9 Å². The van der Waals surface area contributed by atoms with Crippen molar-refractivity contribution in [1.82, 2.24) is 0 Å². The van der Waals surface area contributed by atoms with Gasteiger partial charge >= 0.3 is 0 Å². The molecular formula is C45H84O4. The zero-order chi connectivity index (χ0) is 36.8. The van der Waals surface area contributed by atoms with Gasteiger partial charge < -0.3 is 18.9 Å². The third-order valence-electron chi connectivity index (χ3n) is 14.0. The monoisotopic (exact) mass is 689 g/mol. The molecule has 49 heavy (non-hydrogen) atoms. The zero-order valence-electron chi connectivity index (χ0n) is 35.6. The normalized spacial score (nSPS) is 45.2. The molecular weight excluding hydrogens is 604 g/mol. The average Bonchev–Trinajstić information content (AvgIpc) is 3.64. The zero-order valence-corrected chi connectivity index (χ0v) is 35.6. The highest BCUT2D eigenvalue weighted by atomic mass is 16.6. The van der Waals surface area contributed by atoms with Crippen LogP contribution in [0.4, 0.5) is 0 Å². The summed E-state index contributed by atoms with van der Waals surface area (Å²) in [4.78, 5) is 0. The highest BCUT2D eigenvalue weighted by Crippen LogP contribution is 2.60. The van der Waals surface area contributed by atoms with Crippen LogP contribution in [0.15, 0.2) is 0 Å². The summed E-state index contributed by atoms with van der Waals surface area (Å²) in [5.74, 6) is 9.00. The molecule has 4 aliphatic heterocycles. The summed E-state index contributed by atoms with van der Waals surface area (Å²) in [5, 5.41) is 0. The largest absolute Gasteiger partial charge is 0.371 e. The van der Waals surface area contributed by atoms with Crippen molar-refractivity contribution in [1.29, 1.82) is 0 Å². The first-order valence-electron chi connectivity index (χ1n) is 21.4. The van der Waals surface area contributed by atoms with Crippen molar-refractivity contribution in [3.63, 3.8) is 0 Å². The summed E-state index contributed by atoms with van der Waals surface area (Å²) in [7, 11) is 0. The Morgan fingerprint density at radius 3 is 1.61 bits per heavy atom. The quantitative estimate of drug-likeness (QED) is 0.229. The van der Waals surface area contributed by atoms with E-state index in [1.165, 1.54) is 38.5 Å². The summed E-state index contributed by atoms with van der Waals surface area (Å²) in [6.45, 7) is 39.5. The minimum atomic E-state index is -0.0127. The highest BCUT2D eigenvalue weighted by Gasteiger charge is 2.65. The number of fused-ring (bicyclic) bond motifs is 6. The van der Waals surface area contributed by atoms with E-state index in [1.807, 2.05) is 0 Å². The van der Waals surface area contributed by atoms with Gasteiger partial charge in [0.2, 0.25) is 0 Å². The molecule has 4 nitrogen and oxygen atoms in total. The summed E-state index contributed by atoms with van der Waals surface area (Å²) < 4.78 is 25.5. The molecule has 288 valence electrons. The molecule has 2 saturated carbocycles. The summed E-state index contributed by atoms with van der Waals surface area (Å²) >= 11 is 0. The van der Waals surface area contributed by atoms with Gasteiger partial charge in [0.15, 0.2) is 0 Å². The molecule has 2 aliphatic carbocycles. The number of hydrogen-bond acceptors (Lipinski definition) is 4. The summed E-state index contributed by atoms with van der Waals surface area (Å²) in [5.41, 5.74) is 0.428. The summed E-state index contributed by atoms with van der Waals surface area (Å²) in [6.07, 6.45) is 11.9. The minimum Gasteiger partial charge on any atom is -0.371 e. The van der Waals surface area contributed by atoms with Crippen LogP contribution in [0.1, 0.15) is 169 Å². The smallest absolute Gasteiger partial charge is 0.101 e. The predicted molar refractivity (Wildman–Crippen MR) is 207 cm³/mol. The van der Waals surface area contributed by atoms with Gasteiger partial charge in [-0.25, -0.2) is 0 Å². The second-order valence-corrected chi connectivity index (χ2v) is 20.5. The Hall–Kier alpha value is -0.160. The van der Waals surface area contributed by atoms with Crippen LogP contribution in [-0.4, -0.2) is 47.3 Å². The average molecular weight is 689 g/mol. The van der Waals surface area contributed by atoms with Crippen molar-refractivity contribution >= 4 is 0 Å². The Balaban J connectivity index is 0.000000166. The third kappa shape index (κ3) is 8.04. The topological polar surface area (TPSA) is 36.9 Å². The molecule has 14 unspecified atom stereocenters. The second-order valence-electron chi connectivity index (χ2n) is 20.5. The Labute approximate surface area is 305 Å². The summed E-state index contributed by atoms with van der Waals surface area (Å²) in [6, 6.07) is 0. The van der Waals surface area contributed by atoms with Crippen molar-refractivity contribution in [3.8, 4) is 0 Å². The fourth-order valence-corrected chi connectivity index (χ4v) is 13.6. The van der Waals surface area contributed by atoms with Crippen LogP contribution < -0.4 is 0 Å². The predicted octanol–water partition coefficient (Wildman–Crippen LogP) is 12.0. The van der Waals surface area contributed by atoms with Crippen LogP contribution in [0.3, 0.4) is 0 Å². The Morgan fingerprint density at radius 1 is 0.592 bits per heavy atom. The Morgan fingerprint density at radius 2 is 1.12 bits per heavy atom. The fraction of sp³-hybridized carbons (Fsp3) is 1.00. The maximum atomic E-state index is 6.46. The Kier molecular flexibility index (Phi) is 13.6. The molecule has 4 saturated heterocycles. The molecule has 0 amide bonds. The standard InChI is InChI=1S/C15H28O2.2C15H28O/c1-7-12-15(8-9(2)3)13(10(4)5)14(16-12)11(6)17-15;1-9(2)7-15-8-11(5)13(12(6)16-15)14(15)10(3)4;1-10(2)9-15-8-6-7-13(12(5)16-15)14(15)11(3)4/h9-14H,7-8H2,1-6H3;9-14H,7-8H2,1-6H3;10-14H,6-9H2,1-5H3. The molecule has 6 rings (SSSR count). The van der Waals surface area contributed by atoms with Gasteiger partial charge in [-0.15, -0.1) is 0 Å². The second kappa shape index (κ2) is 16.1. The maximum Gasteiger partial charge on any atom is 0.101 e. The highest BCUT2D eigenvalue weighted by molar-refractivity contribution is 5.12. The number of hydrogen-bond donors (Lipinski definition) is 0. The van der Waals surface area contributed by atoms with Crippen LogP contribution in [0.25, 0.3) is 0 Å². The fourth-order valence-electron chi connectivity index (χ4n) is 13.6. The van der Waals surface area contributed by atoms with E-state index < -0.39 is 0 Å². The lowest BCUT2D eigenvalue weighted by Gasteiger charge is -2.43. The van der Waals surface area contributed by atoms with Gasteiger partial charge in [0.1, 0.15) is 5.60 Å². The van der Waals surface area contributed by atoms with Crippen molar-refractivity contribution < 1.29 is 18.9 Å². The van der Waals surface area contributed by atoms with Crippen LogP contribution in [0, 0.1) is 71.0 Å². The molecule has 0 aromatic heterocycles. The molecule has 6 aliphatic rings. The molecule has 6 fully saturated rings. The van der Waals surface area contributed by atoms with Gasteiger partial charge in [-0.2, -0.15) is 0 Å². The minimum absolute atomic E-state index is 0.0127. The molecule has 14 atom stereocenters. The lowest BCUT2D eigenvalue weighted by Crippen LogP contribution is -2.47. The van der Waals surface area contributed by atoms with Gasteiger partial charge in [-0.3, -0.25) is 0 Å². The van der Waals surface area contributed by atoms with E-state index in [1.54, 1.807) is 0 Å². The van der Waals surface area contributed by atoms with Crippen molar-refractivity contribution in [2.75, 3.05) is 0 Å². The van der Waals surface area contributed by atoms with Crippen molar-refractivity contribution in [2.24, 2.45) is 71.0 Å². The number of ether oxygens (including phenoxy) is 4. The molecule has 6 bridgehead atoms. The lowest BCUT2D eigenvalue weighted by molar-refractivity contribution is -0.187. The van der Waals surface area contributed by atoms with Crippen molar-refractivity contribution in [2.45, 2.75) is 216 Å². The van der Waals surface area contributed by atoms with E-state index in [2.05, 4.69) is 118 Å². The molecule has 0 aromatic carbocycles. The lowest BCUT2D eigenvalue weighted by atomic mass is 9.63. The van der Waals surface area contributed by atoms with Gasteiger partial charge in [0.05, 0.1) is 41.7 Å². The van der Waals surface area contributed by atoms with Gasteiger partial charge in [-0.1, -0.05) is 103 Å². The first-order valence-corrected chi connectivity index (χ1v) is 21.4. The van der Waals surface area contributed by atoms with E-state index in [4.69, 9.17) is 18.9 Å². The van der Waals surface area contributed by atoms with E-state index >= 15 is 0 Å². The first-order chi connectivity index (χ1) is 22.8. The SMILES string of the molecule is CC(C)CC12CC(C)C(C(C)O1)C2C(C)C.CC(C)CC12CCCC(C(C)O1)C2C(C)C.CCC1OC2C(C)OC1(CC(C)C)C2C(C)C. The van der Waals surface area contributed by atoms with Gasteiger partial charge in [0, 0.05) is 5.92 Å². The molecule has 4 heteroatoms. The van der Waals surface area contributed by atoms with Gasteiger partial charge in [0.25, 0.3) is 0 Å².